The van der Waals surface area contributed by atoms with E-state index in [9.17, 15) is 0 Å². The summed E-state index contributed by atoms with van der Waals surface area (Å²) in [6.45, 7) is 2.07. The molecule has 0 bridgehead atoms. The van der Waals surface area contributed by atoms with Crippen molar-refractivity contribution in [1.82, 2.24) is 9.55 Å². The van der Waals surface area contributed by atoms with E-state index in [1.165, 1.54) is 38.4 Å². The largest absolute Gasteiger partial charge is 0.455 e. The summed E-state index contributed by atoms with van der Waals surface area (Å²) in [5, 5.41) is 7.08. The molecule has 9 aromatic rings. The van der Waals surface area contributed by atoms with Gasteiger partial charge < -0.3 is 4.42 Å². The molecule has 0 aliphatic heterocycles. The van der Waals surface area contributed by atoms with Gasteiger partial charge in [-0.1, -0.05) is 91.0 Å². The average Bonchev–Trinajstić information content (AvgIpc) is 3.61. The maximum absolute atomic E-state index is 6.34. The first-order valence-electron chi connectivity index (χ1n) is 14.6. The molecule has 0 aliphatic rings. The third kappa shape index (κ3) is 3.72. The molecule has 3 heteroatoms. The molecule has 0 amide bonds. The number of hydrogen-bond donors (Lipinski definition) is 0. The Hall–Kier alpha value is -5.67. The van der Waals surface area contributed by atoms with Crippen molar-refractivity contribution in [2.75, 3.05) is 0 Å². The van der Waals surface area contributed by atoms with Crippen molar-refractivity contribution in [1.29, 1.82) is 0 Å². The molecular formula is C40H26N2O. The summed E-state index contributed by atoms with van der Waals surface area (Å²) in [6.07, 6.45) is 0. The molecule has 0 saturated carbocycles. The Morgan fingerprint density at radius 1 is 0.535 bits per heavy atom. The molecule has 0 radical (unpaired) electrons. The van der Waals surface area contributed by atoms with Crippen molar-refractivity contribution in [3.05, 3.63) is 145 Å². The van der Waals surface area contributed by atoms with E-state index in [1.807, 2.05) is 18.2 Å². The van der Waals surface area contributed by atoms with Crippen LogP contribution in [0.4, 0.5) is 0 Å². The molecule has 0 N–H and O–H groups in total. The summed E-state index contributed by atoms with van der Waals surface area (Å²) < 4.78 is 8.57. The first kappa shape index (κ1) is 24.0. The number of nitrogens with zero attached hydrogens (tertiary/aromatic N) is 2. The summed E-state index contributed by atoms with van der Waals surface area (Å²) in [5.74, 6) is 0.985. The number of furan rings is 1. The minimum absolute atomic E-state index is 0.922. The molecule has 7 aromatic carbocycles. The Morgan fingerprint density at radius 3 is 2.12 bits per heavy atom. The number of fused-ring (bicyclic) bond motifs is 7. The Balaban J connectivity index is 1.16. The molecule has 0 fully saturated rings. The zero-order chi connectivity index (χ0) is 28.5. The third-order valence-electron chi connectivity index (χ3n) is 8.70. The number of hydrogen-bond acceptors (Lipinski definition) is 2. The smallest absolute Gasteiger partial charge is 0.143 e. The van der Waals surface area contributed by atoms with Crippen molar-refractivity contribution in [2.24, 2.45) is 0 Å². The zero-order valence-corrected chi connectivity index (χ0v) is 23.6. The Bertz CT molecular complexity index is 2530. The van der Waals surface area contributed by atoms with Crippen LogP contribution in [0.15, 0.2) is 144 Å². The highest BCUT2D eigenvalue weighted by molar-refractivity contribution is 6.19. The number of para-hydroxylation sites is 3. The SMILES string of the molecule is Cc1nc2ccccc2n1-c1cccc(-c2ccc3cc(-c4cc5c6ccccc6oc5c5ccccc45)ccc3c2)c1. The highest BCUT2D eigenvalue weighted by Gasteiger charge is 2.15. The molecule has 0 aliphatic carbocycles. The van der Waals surface area contributed by atoms with Crippen LogP contribution >= 0.6 is 0 Å². The first-order valence-corrected chi connectivity index (χ1v) is 14.6. The molecule has 0 spiro atoms. The van der Waals surface area contributed by atoms with Crippen molar-refractivity contribution in [3.8, 4) is 27.9 Å². The Morgan fingerprint density at radius 2 is 1.23 bits per heavy atom. The van der Waals surface area contributed by atoms with Gasteiger partial charge in [-0.25, -0.2) is 4.98 Å². The van der Waals surface area contributed by atoms with Crippen molar-refractivity contribution >= 4 is 54.5 Å². The topological polar surface area (TPSA) is 31.0 Å². The second kappa shape index (κ2) is 9.17. The van der Waals surface area contributed by atoms with Crippen LogP contribution in [-0.2, 0) is 0 Å². The van der Waals surface area contributed by atoms with Crippen LogP contribution in [0.3, 0.4) is 0 Å². The lowest BCUT2D eigenvalue weighted by atomic mass is 9.93. The standard InChI is InChI=1S/C40H26N2O/c1-25-41-37-14-5-6-15-38(37)42(25)31-10-8-9-26(23-31)27-17-18-29-22-30(20-19-28(29)21-27)35-24-36-33-12-4-7-16-39(33)43-40(36)34-13-3-2-11-32(34)35/h2-24H,1H3. The third-order valence-corrected chi connectivity index (χ3v) is 8.70. The number of aromatic nitrogens is 2. The number of imidazole rings is 1. The van der Waals surface area contributed by atoms with E-state index in [4.69, 9.17) is 9.40 Å². The molecule has 2 aromatic heterocycles. The van der Waals surface area contributed by atoms with Crippen molar-refractivity contribution in [3.63, 3.8) is 0 Å². The molecule has 0 unspecified atom stereocenters. The minimum atomic E-state index is 0.922. The van der Waals surface area contributed by atoms with Crippen molar-refractivity contribution in [2.45, 2.75) is 6.92 Å². The van der Waals surface area contributed by atoms with Crippen LogP contribution in [0.5, 0.6) is 0 Å². The van der Waals surface area contributed by atoms with Gasteiger partial charge >= 0.3 is 0 Å². The van der Waals surface area contributed by atoms with Crippen LogP contribution in [0, 0.1) is 6.92 Å². The zero-order valence-electron chi connectivity index (χ0n) is 23.6. The van der Waals surface area contributed by atoms with E-state index in [0.29, 0.717) is 0 Å². The lowest BCUT2D eigenvalue weighted by molar-refractivity contribution is 0.672. The molecule has 0 saturated heterocycles. The van der Waals surface area contributed by atoms with Crippen LogP contribution in [0.2, 0.25) is 0 Å². The molecule has 0 atom stereocenters. The second-order valence-electron chi connectivity index (χ2n) is 11.3. The predicted octanol–water partition coefficient (Wildman–Crippen LogP) is 10.9. The molecule has 43 heavy (non-hydrogen) atoms. The van der Waals surface area contributed by atoms with Gasteiger partial charge in [-0.05, 0) is 93.9 Å². The summed E-state index contributed by atoms with van der Waals surface area (Å²) >= 11 is 0. The molecule has 202 valence electrons. The fourth-order valence-corrected chi connectivity index (χ4v) is 6.68. The summed E-state index contributed by atoms with van der Waals surface area (Å²) in [5.41, 5.74) is 9.93. The highest BCUT2D eigenvalue weighted by Crippen LogP contribution is 2.40. The van der Waals surface area contributed by atoms with Crippen molar-refractivity contribution < 1.29 is 4.42 Å². The highest BCUT2D eigenvalue weighted by atomic mass is 16.3. The van der Waals surface area contributed by atoms with Gasteiger partial charge in [0.2, 0.25) is 0 Å². The van der Waals surface area contributed by atoms with Crippen LogP contribution < -0.4 is 0 Å². The normalized spacial score (nSPS) is 11.8. The van der Waals surface area contributed by atoms with Gasteiger partial charge in [-0.2, -0.15) is 0 Å². The fraction of sp³-hybridized carbons (Fsp3) is 0.0250. The first-order chi connectivity index (χ1) is 21.2. The van der Waals surface area contributed by atoms with E-state index in [2.05, 4.69) is 133 Å². The lowest BCUT2D eigenvalue weighted by Crippen LogP contribution is -1.97. The van der Waals surface area contributed by atoms with Gasteiger partial charge in [-0.3, -0.25) is 4.57 Å². The molecule has 9 rings (SSSR count). The monoisotopic (exact) mass is 550 g/mol. The number of aryl methyl sites for hydroxylation is 1. The average molecular weight is 551 g/mol. The van der Waals surface area contributed by atoms with Crippen LogP contribution in [0.25, 0.3) is 82.5 Å². The van der Waals surface area contributed by atoms with Gasteiger partial charge in [0.05, 0.1) is 11.0 Å². The second-order valence-corrected chi connectivity index (χ2v) is 11.3. The van der Waals surface area contributed by atoms with Gasteiger partial charge in [-0.15, -0.1) is 0 Å². The van der Waals surface area contributed by atoms with Gasteiger partial charge in [0.1, 0.15) is 17.0 Å². The van der Waals surface area contributed by atoms with Gasteiger partial charge in [0, 0.05) is 21.8 Å². The van der Waals surface area contributed by atoms with Gasteiger partial charge in [0.25, 0.3) is 0 Å². The molecular weight excluding hydrogens is 524 g/mol. The maximum Gasteiger partial charge on any atom is 0.143 e. The molecule has 2 heterocycles. The van der Waals surface area contributed by atoms with Crippen LogP contribution in [-0.4, -0.2) is 9.55 Å². The minimum Gasteiger partial charge on any atom is -0.455 e. The van der Waals surface area contributed by atoms with E-state index >= 15 is 0 Å². The predicted molar refractivity (Wildman–Crippen MR) is 179 cm³/mol. The van der Waals surface area contributed by atoms with E-state index in [1.54, 1.807) is 0 Å². The Kier molecular flexibility index (Phi) is 5.11. The van der Waals surface area contributed by atoms with E-state index in [-0.39, 0.29) is 0 Å². The quantitative estimate of drug-likeness (QED) is 0.219. The number of rotatable bonds is 3. The van der Waals surface area contributed by atoms with Gasteiger partial charge in [0.15, 0.2) is 0 Å². The summed E-state index contributed by atoms with van der Waals surface area (Å²) in [4.78, 5) is 4.77. The summed E-state index contributed by atoms with van der Waals surface area (Å²) in [7, 11) is 0. The summed E-state index contributed by atoms with van der Waals surface area (Å²) in [6, 6.07) is 49.8. The maximum atomic E-state index is 6.34. The fourth-order valence-electron chi connectivity index (χ4n) is 6.68. The van der Waals surface area contributed by atoms with Crippen LogP contribution in [0.1, 0.15) is 5.82 Å². The molecule has 3 nitrogen and oxygen atoms in total. The van der Waals surface area contributed by atoms with E-state index in [0.717, 1.165) is 49.9 Å². The number of benzene rings is 7. The lowest BCUT2D eigenvalue weighted by Gasteiger charge is -2.12. The van der Waals surface area contributed by atoms with E-state index < -0.39 is 0 Å². The Labute approximate surface area is 248 Å².